The molecule has 0 spiro atoms. The van der Waals surface area contributed by atoms with Gasteiger partial charge in [0.2, 0.25) is 0 Å². The largest absolute Gasteiger partial charge is 0.493 e. The summed E-state index contributed by atoms with van der Waals surface area (Å²) < 4.78 is 10.9. The molecule has 1 aliphatic heterocycles. The number of nitrogens with one attached hydrogen (secondary N) is 1. The number of hydrogen-bond acceptors (Lipinski definition) is 3. The molecule has 2 rings (SSSR count). The summed E-state index contributed by atoms with van der Waals surface area (Å²) in [5, 5.41) is 3.49. The van der Waals surface area contributed by atoms with Crippen molar-refractivity contribution >= 4 is 0 Å². The van der Waals surface area contributed by atoms with E-state index in [-0.39, 0.29) is 0 Å². The van der Waals surface area contributed by atoms with E-state index in [4.69, 9.17) is 9.47 Å². The van der Waals surface area contributed by atoms with Crippen LogP contribution in [0.1, 0.15) is 49.7 Å². The lowest BCUT2D eigenvalue weighted by molar-refractivity contribution is 0.352. The summed E-state index contributed by atoms with van der Waals surface area (Å²) in [7, 11) is 3.40. The van der Waals surface area contributed by atoms with Crippen LogP contribution in [-0.2, 0) is 0 Å². The van der Waals surface area contributed by atoms with Crippen molar-refractivity contribution < 1.29 is 9.47 Å². The Labute approximate surface area is 116 Å². The predicted octanol–water partition coefficient (Wildman–Crippen LogP) is 3.29. The summed E-state index contributed by atoms with van der Waals surface area (Å²) in [5.41, 5.74) is 2.80. The van der Waals surface area contributed by atoms with Crippen LogP contribution in [-0.4, -0.2) is 27.3 Å². The van der Waals surface area contributed by atoms with Crippen LogP contribution in [0.3, 0.4) is 0 Å². The molecule has 1 unspecified atom stereocenters. The van der Waals surface area contributed by atoms with Gasteiger partial charge in [-0.1, -0.05) is 13.8 Å². The number of benzene rings is 1. The van der Waals surface area contributed by atoms with Crippen molar-refractivity contribution in [2.75, 3.05) is 27.3 Å². The summed E-state index contributed by atoms with van der Waals surface area (Å²) in [5.74, 6) is 2.76. The summed E-state index contributed by atoms with van der Waals surface area (Å²) in [6.07, 6.45) is 2.50. The van der Waals surface area contributed by atoms with Gasteiger partial charge in [-0.05, 0) is 54.5 Å². The highest BCUT2D eigenvalue weighted by Gasteiger charge is 2.22. The van der Waals surface area contributed by atoms with Gasteiger partial charge in [-0.2, -0.15) is 0 Å². The Morgan fingerprint density at radius 1 is 1.16 bits per heavy atom. The average molecular weight is 263 g/mol. The second-order valence-corrected chi connectivity index (χ2v) is 5.53. The van der Waals surface area contributed by atoms with E-state index < -0.39 is 0 Å². The molecule has 1 saturated heterocycles. The van der Waals surface area contributed by atoms with Crippen LogP contribution in [0, 0.1) is 0 Å². The first-order valence-electron chi connectivity index (χ1n) is 7.14. The molecule has 1 fully saturated rings. The van der Waals surface area contributed by atoms with Crippen molar-refractivity contribution in [1.82, 2.24) is 5.32 Å². The van der Waals surface area contributed by atoms with E-state index in [1.54, 1.807) is 14.2 Å². The maximum absolute atomic E-state index is 5.46. The molecule has 0 amide bonds. The maximum Gasteiger partial charge on any atom is 0.161 e. The second-order valence-electron chi connectivity index (χ2n) is 5.53. The van der Waals surface area contributed by atoms with Crippen LogP contribution in [0.25, 0.3) is 0 Å². The van der Waals surface area contributed by atoms with Gasteiger partial charge in [0.15, 0.2) is 11.5 Å². The fourth-order valence-electron chi connectivity index (χ4n) is 2.88. The highest BCUT2D eigenvalue weighted by molar-refractivity contribution is 5.49. The third kappa shape index (κ3) is 3.03. The smallest absolute Gasteiger partial charge is 0.161 e. The van der Waals surface area contributed by atoms with Crippen LogP contribution in [0.4, 0.5) is 0 Å². The maximum atomic E-state index is 5.46. The third-order valence-corrected chi connectivity index (χ3v) is 3.95. The van der Waals surface area contributed by atoms with Gasteiger partial charge in [0, 0.05) is 6.54 Å². The molecule has 3 heteroatoms. The Bertz CT molecular complexity index is 423. The van der Waals surface area contributed by atoms with E-state index in [0.717, 1.165) is 24.6 Å². The molecule has 3 nitrogen and oxygen atoms in total. The normalized spacial score (nSPS) is 19.5. The molecular weight excluding hydrogens is 238 g/mol. The fourth-order valence-corrected chi connectivity index (χ4v) is 2.88. The van der Waals surface area contributed by atoms with E-state index in [2.05, 4.69) is 31.3 Å². The van der Waals surface area contributed by atoms with Gasteiger partial charge in [-0.3, -0.25) is 0 Å². The van der Waals surface area contributed by atoms with Gasteiger partial charge in [-0.15, -0.1) is 0 Å². The van der Waals surface area contributed by atoms with E-state index in [1.807, 2.05) is 0 Å². The number of piperidine rings is 1. The lowest BCUT2D eigenvalue weighted by atomic mass is 9.84. The van der Waals surface area contributed by atoms with Crippen molar-refractivity contribution in [2.24, 2.45) is 0 Å². The topological polar surface area (TPSA) is 30.5 Å². The van der Waals surface area contributed by atoms with Gasteiger partial charge in [0.1, 0.15) is 0 Å². The highest BCUT2D eigenvalue weighted by Crippen LogP contribution is 2.38. The van der Waals surface area contributed by atoms with Crippen molar-refractivity contribution in [1.29, 1.82) is 0 Å². The van der Waals surface area contributed by atoms with Crippen LogP contribution >= 0.6 is 0 Å². The van der Waals surface area contributed by atoms with Crippen molar-refractivity contribution in [3.05, 3.63) is 23.3 Å². The van der Waals surface area contributed by atoms with Gasteiger partial charge >= 0.3 is 0 Å². The lowest BCUT2D eigenvalue weighted by Crippen LogP contribution is -2.29. The molecule has 0 radical (unpaired) electrons. The summed E-state index contributed by atoms with van der Waals surface area (Å²) in [6.45, 7) is 6.68. The van der Waals surface area contributed by atoms with Crippen LogP contribution < -0.4 is 14.8 Å². The van der Waals surface area contributed by atoms with Crippen molar-refractivity contribution in [3.63, 3.8) is 0 Å². The summed E-state index contributed by atoms with van der Waals surface area (Å²) in [4.78, 5) is 0. The zero-order valence-electron chi connectivity index (χ0n) is 12.5. The molecule has 1 heterocycles. The number of hydrogen-bond donors (Lipinski definition) is 1. The molecular formula is C16H25NO2. The summed E-state index contributed by atoms with van der Waals surface area (Å²) >= 11 is 0. The minimum atomic E-state index is 0.497. The first-order valence-corrected chi connectivity index (χ1v) is 7.14. The fraction of sp³-hybridized carbons (Fsp3) is 0.625. The number of methoxy groups -OCH3 is 2. The average Bonchev–Trinajstić information content (AvgIpc) is 2.46. The monoisotopic (exact) mass is 263 g/mol. The van der Waals surface area contributed by atoms with Gasteiger partial charge in [-0.25, -0.2) is 0 Å². The highest BCUT2D eigenvalue weighted by atomic mass is 16.5. The molecule has 0 aliphatic carbocycles. The molecule has 19 heavy (non-hydrogen) atoms. The molecule has 1 aliphatic rings. The van der Waals surface area contributed by atoms with E-state index in [0.29, 0.717) is 11.8 Å². The van der Waals surface area contributed by atoms with Crippen LogP contribution in [0.5, 0.6) is 11.5 Å². The van der Waals surface area contributed by atoms with Gasteiger partial charge in [0.25, 0.3) is 0 Å². The standard InChI is InChI=1S/C16H25NO2/c1-11(2)13-8-15(18-3)16(19-4)9-14(13)12-6-5-7-17-10-12/h8-9,11-12,17H,5-7,10H2,1-4H3. The van der Waals surface area contributed by atoms with Gasteiger partial charge in [0.05, 0.1) is 14.2 Å². The molecule has 0 bridgehead atoms. The first-order chi connectivity index (χ1) is 9.17. The number of rotatable bonds is 4. The van der Waals surface area contributed by atoms with Crippen LogP contribution in [0.15, 0.2) is 12.1 Å². The molecule has 1 aromatic carbocycles. The summed E-state index contributed by atoms with van der Waals surface area (Å²) in [6, 6.07) is 4.32. The Hall–Kier alpha value is -1.22. The lowest BCUT2D eigenvalue weighted by Gasteiger charge is -2.27. The quantitative estimate of drug-likeness (QED) is 0.904. The zero-order valence-corrected chi connectivity index (χ0v) is 12.5. The SMILES string of the molecule is COc1cc(C(C)C)c(C2CCCNC2)cc1OC. The van der Waals surface area contributed by atoms with E-state index in [1.165, 1.54) is 24.0 Å². The third-order valence-electron chi connectivity index (χ3n) is 3.95. The van der Waals surface area contributed by atoms with Gasteiger partial charge < -0.3 is 14.8 Å². The van der Waals surface area contributed by atoms with Crippen molar-refractivity contribution in [3.8, 4) is 11.5 Å². The Balaban J connectivity index is 2.43. The molecule has 106 valence electrons. The van der Waals surface area contributed by atoms with E-state index in [9.17, 15) is 0 Å². The Morgan fingerprint density at radius 3 is 2.37 bits per heavy atom. The van der Waals surface area contributed by atoms with Crippen molar-refractivity contribution in [2.45, 2.75) is 38.5 Å². The number of ether oxygens (including phenoxy) is 2. The first kappa shape index (κ1) is 14.2. The Kier molecular flexibility index (Phi) is 4.70. The van der Waals surface area contributed by atoms with E-state index >= 15 is 0 Å². The molecule has 1 atom stereocenters. The zero-order chi connectivity index (χ0) is 13.8. The second kappa shape index (κ2) is 6.29. The minimum absolute atomic E-state index is 0.497. The molecule has 1 N–H and O–H groups in total. The Morgan fingerprint density at radius 2 is 1.84 bits per heavy atom. The molecule has 0 saturated carbocycles. The minimum Gasteiger partial charge on any atom is -0.493 e. The molecule has 1 aromatic rings. The van der Waals surface area contributed by atoms with Crippen LogP contribution in [0.2, 0.25) is 0 Å². The molecule has 0 aromatic heterocycles. The predicted molar refractivity (Wildman–Crippen MR) is 78.5 cm³/mol.